The van der Waals surface area contributed by atoms with E-state index >= 15 is 0 Å². The van der Waals surface area contributed by atoms with Crippen LogP contribution < -0.4 is 5.32 Å². The van der Waals surface area contributed by atoms with Gasteiger partial charge in [-0.2, -0.15) is 0 Å². The van der Waals surface area contributed by atoms with Gasteiger partial charge in [0.2, 0.25) is 0 Å². The molecule has 1 N–H and O–H groups in total. The zero-order valence-corrected chi connectivity index (χ0v) is 11.2. The minimum Gasteiger partial charge on any atom is -0.444 e. The number of benzene rings is 1. The molecule has 1 aromatic carbocycles. The number of carbonyl (C=O) groups excluding carboxylic acids is 1. The molecule has 0 saturated carbocycles. The summed E-state index contributed by atoms with van der Waals surface area (Å²) in [4.78, 5) is 11.3. The molecule has 0 heterocycles. The molecular weight excluding hydrogens is 252 g/mol. The number of hydrogen-bond acceptors (Lipinski definition) is 2. The highest BCUT2D eigenvalue weighted by Gasteiger charge is 2.15. The van der Waals surface area contributed by atoms with Crippen molar-refractivity contribution in [2.24, 2.45) is 0 Å². The van der Waals surface area contributed by atoms with Crippen molar-refractivity contribution in [1.29, 1.82) is 0 Å². The average molecular weight is 269 g/mol. The van der Waals surface area contributed by atoms with Crippen LogP contribution in [0.4, 0.5) is 13.6 Å². The first kappa shape index (κ1) is 15.1. The average Bonchev–Trinajstić information content (AvgIpc) is 2.25. The molecule has 0 aliphatic rings. The minimum absolute atomic E-state index is 0.128. The first-order valence-corrected chi connectivity index (χ1v) is 5.87. The number of amides is 1. The largest absolute Gasteiger partial charge is 0.444 e. The van der Waals surface area contributed by atoms with Crippen LogP contribution in [-0.4, -0.2) is 18.2 Å². The fourth-order valence-corrected chi connectivity index (χ4v) is 1.30. The molecule has 0 spiro atoms. The van der Waals surface area contributed by atoms with Crippen LogP contribution in [0.5, 0.6) is 0 Å². The number of ether oxygens (including phenoxy) is 1. The molecule has 1 rings (SSSR count). The second-order valence-electron chi connectivity index (χ2n) is 4.92. The molecule has 104 valence electrons. The predicted molar refractivity (Wildman–Crippen MR) is 69.6 cm³/mol. The fourth-order valence-electron chi connectivity index (χ4n) is 1.30. The number of rotatable bonds is 3. The summed E-state index contributed by atoms with van der Waals surface area (Å²) in [6, 6.07) is 3.63. The third kappa shape index (κ3) is 5.50. The van der Waals surface area contributed by atoms with Gasteiger partial charge in [0.1, 0.15) is 17.2 Å². The van der Waals surface area contributed by atoms with Crippen LogP contribution in [0.1, 0.15) is 26.3 Å². The van der Waals surface area contributed by atoms with Gasteiger partial charge in [0.25, 0.3) is 0 Å². The van der Waals surface area contributed by atoms with Gasteiger partial charge in [-0.25, -0.2) is 13.6 Å². The quantitative estimate of drug-likeness (QED) is 0.912. The van der Waals surface area contributed by atoms with Gasteiger partial charge in [-0.15, -0.1) is 0 Å². The molecule has 0 aromatic heterocycles. The summed E-state index contributed by atoms with van der Waals surface area (Å²) in [7, 11) is 0. The smallest absolute Gasteiger partial charge is 0.407 e. The van der Waals surface area contributed by atoms with Crippen LogP contribution in [0.25, 0.3) is 6.08 Å². The maximum atomic E-state index is 13.3. The number of hydrogen-bond donors (Lipinski definition) is 1. The molecular formula is C14H17F2NO2. The van der Waals surface area contributed by atoms with Crippen LogP contribution in [0.2, 0.25) is 0 Å². The molecule has 0 saturated heterocycles. The third-order valence-corrected chi connectivity index (χ3v) is 2.05. The van der Waals surface area contributed by atoms with E-state index in [2.05, 4.69) is 5.32 Å². The van der Waals surface area contributed by atoms with Gasteiger partial charge in [-0.1, -0.05) is 18.2 Å². The van der Waals surface area contributed by atoms with Gasteiger partial charge < -0.3 is 10.1 Å². The molecule has 0 atom stereocenters. The summed E-state index contributed by atoms with van der Waals surface area (Å²) in [6.45, 7) is 5.37. The Kier molecular flexibility index (Phi) is 5.03. The summed E-state index contributed by atoms with van der Waals surface area (Å²) in [5.41, 5.74) is -0.709. The van der Waals surface area contributed by atoms with Crippen molar-refractivity contribution in [3.8, 4) is 0 Å². The maximum absolute atomic E-state index is 13.3. The molecule has 0 bridgehead atoms. The Morgan fingerprint density at radius 3 is 2.42 bits per heavy atom. The van der Waals surface area contributed by atoms with Crippen LogP contribution in [0, 0.1) is 11.6 Å². The van der Waals surface area contributed by atoms with Gasteiger partial charge in [-0.05, 0) is 32.9 Å². The molecule has 0 fully saturated rings. The number of alkyl carbamates (subject to hydrolysis) is 1. The highest BCUT2D eigenvalue weighted by molar-refractivity contribution is 5.68. The van der Waals surface area contributed by atoms with E-state index in [1.54, 1.807) is 20.8 Å². The van der Waals surface area contributed by atoms with Crippen molar-refractivity contribution in [3.05, 3.63) is 41.5 Å². The van der Waals surface area contributed by atoms with E-state index < -0.39 is 23.3 Å². The van der Waals surface area contributed by atoms with Crippen LogP contribution >= 0.6 is 0 Å². The molecule has 0 aliphatic heterocycles. The lowest BCUT2D eigenvalue weighted by Crippen LogP contribution is -2.32. The number of carbonyl (C=O) groups is 1. The summed E-state index contributed by atoms with van der Waals surface area (Å²) >= 11 is 0. The predicted octanol–water partition coefficient (Wildman–Crippen LogP) is 3.50. The SMILES string of the molecule is CC(C)(C)OC(=O)NCC=Cc1c(F)cccc1F. The first-order chi connectivity index (χ1) is 8.79. The first-order valence-electron chi connectivity index (χ1n) is 5.87. The zero-order valence-electron chi connectivity index (χ0n) is 11.2. The highest BCUT2D eigenvalue weighted by atomic mass is 19.1. The van der Waals surface area contributed by atoms with Crippen LogP contribution in [0.15, 0.2) is 24.3 Å². The van der Waals surface area contributed by atoms with Crippen molar-refractivity contribution in [3.63, 3.8) is 0 Å². The van der Waals surface area contributed by atoms with E-state index in [9.17, 15) is 13.6 Å². The van der Waals surface area contributed by atoms with E-state index in [0.717, 1.165) is 0 Å². The summed E-state index contributed by atoms with van der Waals surface area (Å²) < 4.78 is 31.5. The Labute approximate surface area is 111 Å². The lowest BCUT2D eigenvalue weighted by Gasteiger charge is -2.19. The van der Waals surface area contributed by atoms with Gasteiger partial charge in [-0.3, -0.25) is 0 Å². The molecule has 0 radical (unpaired) electrons. The molecule has 19 heavy (non-hydrogen) atoms. The molecule has 1 amide bonds. The van der Waals surface area contributed by atoms with Gasteiger partial charge in [0.15, 0.2) is 0 Å². The molecule has 1 aromatic rings. The van der Waals surface area contributed by atoms with Crippen molar-refractivity contribution in [1.82, 2.24) is 5.32 Å². The number of halogens is 2. The minimum atomic E-state index is -0.645. The lowest BCUT2D eigenvalue weighted by molar-refractivity contribution is 0.0534. The second-order valence-corrected chi connectivity index (χ2v) is 4.92. The van der Waals surface area contributed by atoms with Gasteiger partial charge in [0, 0.05) is 12.1 Å². The van der Waals surface area contributed by atoms with E-state index in [0.29, 0.717) is 0 Å². The Morgan fingerprint density at radius 2 is 1.89 bits per heavy atom. The van der Waals surface area contributed by atoms with Gasteiger partial charge in [0.05, 0.1) is 0 Å². The Bertz CT molecular complexity index is 459. The molecule has 3 nitrogen and oxygen atoms in total. The Hall–Kier alpha value is -1.91. The van der Waals surface area contributed by atoms with Crippen LogP contribution in [-0.2, 0) is 4.74 Å². The van der Waals surface area contributed by atoms with E-state index in [-0.39, 0.29) is 12.1 Å². The van der Waals surface area contributed by atoms with E-state index in [4.69, 9.17) is 4.74 Å². The van der Waals surface area contributed by atoms with Crippen molar-refractivity contribution in [2.45, 2.75) is 26.4 Å². The zero-order chi connectivity index (χ0) is 14.5. The normalized spacial score (nSPS) is 11.6. The summed E-state index contributed by atoms with van der Waals surface area (Å²) in [5.74, 6) is -1.29. The Morgan fingerprint density at radius 1 is 1.32 bits per heavy atom. The molecule has 0 aliphatic carbocycles. The van der Waals surface area contributed by atoms with Crippen molar-refractivity contribution >= 4 is 12.2 Å². The summed E-state index contributed by atoms with van der Waals surface area (Å²) in [5, 5.41) is 2.46. The molecule has 5 heteroatoms. The monoisotopic (exact) mass is 269 g/mol. The third-order valence-electron chi connectivity index (χ3n) is 2.05. The fraction of sp³-hybridized carbons (Fsp3) is 0.357. The van der Waals surface area contributed by atoms with Gasteiger partial charge >= 0.3 is 6.09 Å². The maximum Gasteiger partial charge on any atom is 0.407 e. The van der Waals surface area contributed by atoms with Crippen molar-refractivity contribution in [2.75, 3.05) is 6.54 Å². The molecule has 0 unspecified atom stereocenters. The topological polar surface area (TPSA) is 38.3 Å². The number of nitrogens with one attached hydrogen (secondary N) is 1. The van der Waals surface area contributed by atoms with Crippen molar-refractivity contribution < 1.29 is 18.3 Å². The standard InChI is InChI=1S/C14H17F2NO2/c1-14(2,3)19-13(18)17-9-5-6-10-11(15)7-4-8-12(10)16/h4-8H,9H2,1-3H3,(H,17,18). The summed E-state index contributed by atoms with van der Waals surface area (Å²) in [6.07, 6.45) is 2.15. The highest BCUT2D eigenvalue weighted by Crippen LogP contribution is 2.13. The van der Waals surface area contributed by atoms with E-state index in [1.807, 2.05) is 0 Å². The van der Waals surface area contributed by atoms with Crippen LogP contribution in [0.3, 0.4) is 0 Å². The van der Waals surface area contributed by atoms with E-state index in [1.165, 1.54) is 30.4 Å². The lowest BCUT2D eigenvalue weighted by atomic mass is 10.2. The Balaban J connectivity index is 2.49. The second kappa shape index (κ2) is 6.31.